The minimum atomic E-state index is -0.578. The number of hydrogen-bond acceptors (Lipinski definition) is 6. The molecule has 4 aromatic carbocycles. The molecule has 1 aromatic heterocycles. The summed E-state index contributed by atoms with van der Waals surface area (Å²) in [5, 5.41) is 6.24. The van der Waals surface area contributed by atoms with Crippen LogP contribution in [0.15, 0.2) is 101 Å². The van der Waals surface area contributed by atoms with Crippen molar-refractivity contribution in [1.29, 1.82) is 0 Å². The van der Waals surface area contributed by atoms with Crippen molar-refractivity contribution in [2.45, 2.75) is 6.92 Å². The van der Waals surface area contributed by atoms with Crippen LogP contribution in [0.2, 0.25) is 15.1 Å². The lowest BCUT2D eigenvalue weighted by atomic mass is 10.2. The summed E-state index contributed by atoms with van der Waals surface area (Å²) in [7, 11) is 0. The van der Waals surface area contributed by atoms with E-state index in [0.717, 1.165) is 5.56 Å². The molecular weight excluding hydrogens is 597 g/mol. The minimum Gasteiger partial charge on any atom is -0.490 e. The molecule has 0 bridgehead atoms. The van der Waals surface area contributed by atoms with Gasteiger partial charge in [-0.05, 0) is 84.8 Å². The number of halogens is 3. The molecule has 0 radical (unpaired) electrons. The largest absolute Gasteiger partial charge is 0.490 e. The highest BCUT2D eigenvalue weighted by Gasteiger charge is 2.16. The zero-order valence-electron chi connectivity index (χ0n) is 22.1. The van der Waals surface area contributed by atoms with E-state index in [-0.39, 0.29) is 17.1 Å². The van der Waals surface area contributed by atoms with E-state index in [2.05, 4.69) is 10.1 Å². The van der Waals surface area contributed by atoms with Crippen molar-refractivity contribution in [1.82, 2.24) is 9.66 Å². The third-order valence-corrected chi connectivity index (χ3v) is 6.81. The van der Waals surface area contributed by atoms with Gasteiger partial charge in [-0.2, -0.15) is 9.78 Å². The molecule has 7 nitrogen and oxygen atoms in total. The van der Waals surface area contributed by atoms with Crippen molar-refractivity contribution < 1.29 is 14.3 Å². The maximum atomic E-state index is 13.5. The first-order valence-corrected chi connectivity index (χ1v) is 13.9. The molecule has 0 saturated carbocycles. The molecular formula is C32H22Cl3N3O4. The van der Waals surface area contributed by atoms with E-state index in [1.54, 1.807) is 91.0 Å². The van der Waals surface area contributed by atoms with Crippen molar-refractivity contribution in [2.24, 2.45) is 5.10 Å². The predicted molar refractivity (Wildman–Crippen MR) is 168 cm³/mol. The molecule has 0 aliphatic carbocycles. The Morgan fingerprint density at radius 2 is 1.64 bits per heavy atom. The molecule has 0 amide bonds. The molecule has 0 N–H and O–H groups in total. The summed E-state index contributed by atoms with van der Waals surface area (Å²) >= 11 is 18.5. The highest BCUT2D eigenvalue weighted by Crippen LogP contribution is 2.31. The van der Waals surface area contributed by atoms with E-state index in [9.17, 15) is 9.59 Å². The monoisotopic (exact) mass is 617 g/mol. The summed E-state index contributed by atoms with van der Waals surface area (Å²) in [6.45, 7) is 2.15. The Morgan fingerprint density at radius 3 is 2.40 bits per heavy atom. The number of nitrogens with zero attached hydrogens (tertiary/aromatic N) is 3. The van der Waals surface area contributed by atoms with Gasteiger partial charge in [-0.25, -0.2) is 9.78 Å². The molecule has 0 fully saturated rings. The molecule has 0 spiro atoms. The van der Waals surface area contributed by atoms with E-state index >= 15 is 0 Å². The zero-order chi connectivity index (χ0) is 29.6. The summed E-state index contributed by atoms with van der Waals surface area (Å²) in [6, 6.07) is 23.9. The molecule has 0 atom stereocenters. The van der Waals surface area contributed by atoms with Crippen LogP contribution in [0.1, 0.15) is 18.1 Å². The molecule has 5 aromatic rings. The molecule has 1 heterocycles. The number of benzene rings is 4. The lowest BCUT2D eigenvalue weighted by Crippen LogP contribution is -2.20. The molecule has 210 valence electrons. The van der Waals surface area contributed by atoms with E-state index in [0.29, 0.717) is 49.5 Å². The Morgan fingerprint density at radius 1 is 0.905 bits per heavy atom. The number of ether oxygens (including phenoxy) is 2. The van der Waals surface area contributed by atoms with Crippen LogP contribution in [0.5, 0.6) is 11.5 Å². The van der Waals surface area contributed by atoms with Crippen LogP contribution in [-0.2, 0) is 4.79 Å². The number of rotatable bonds is 8. The second-order valence-electron chi connectivity index (χ2n) is 8.88. The quantitative estimate of drug-likeness (QED) is 0.0764. The Hall–Kier alpha value is -4.43. The summed E-state index contributed by atoms with van der Waals surface area (Å²) < 4.78 is 12.4. The smallest absolute Gasteiger partial charge is 0.336 e. The van der Waals surface area contributed by atoms with Crippen LogP contribution < -0.4 is 15.0 Å². The molecule has 10 heteroatoms. The fourth-order valence-electron chi connectivity index (χ4n) is 4.04. The predicted octanol–water partition coefficient (Wildman–Crippen LogP) is 7.92. The maximum absolute atomic E-state index is 13.5. The van der Waals surface area contributed by atoms with Crippen molar-refractivity contribution in [3.63, 3.8) is 0 Å². The van der Waals surface area contributed by atoms with Crippen LogP contribution >= 0.6 is 34.8 Å². The second kappa shape index (κ2) is 13.0. The summed E-state index contributed by atoms with van der Waals surface area (Å²) in [5.74, 6) is 0.239. The number of para-hydroxylation sites is 1. The summed E-state index contributed by atoms with van der Waals surface area (Å²) in [6.07, 6.45) is 4.43. The van der Waals surface area contributed by atoms with Gasteiger partial charge >= 0.3 is 5.97 Å². The highest BCUT2D eigenvalue weighted by molar-refractivity contribution is 6.36. The molecule has 42 heavy (non-hydrogen) atoms. The van der Waals surface area contributed by atoms with E-state index in [4.69, 9.17) is 44.3 Å². The Bertz CT molecular complexity index is 1900. The van der Waals surface area contributed by atoms with E-state index in [1.807, 2.05) is 6.92 Å². The Balaban J connectivity index is 1.47. The molecule has 0 aliphatic rings. The van der Waals surface area contributed by atoms with Gasteiger partial charge in [0.15, 0.2) is 17.3 Å². The van der Waals surface area contributed by atoms with Gasteiger partial charge in [-0.15, -0.1) is 0 Å². The fourth-order valence-corrected chi connectivity index (χ4v) is 4.66. The third-order valence-electron chi connectivity index (χ3n) is 6.01. The average Bonchev–Trinajstić information content (AvgIpc) is 2.98. The number of carbonyl (C=O) groups excluding carboxylic acids is 1. The van der Waals surface area contributed by atoms with Crippen molar-refractivity contribution in [3.8, 4) is 22.9 Å². The van der Waals surface area contributed by atoms with Crippen LogP contribution in [0.25, 0.3) is 28.4 Å². The number of hydrogen-bond donors (Lipinski definition) is 0. The standard InChI is InChI=1S/C32H22Cl3N3O4/c1-2-41-29-17-21(9-15-28(29)42-30(39)16-10-20-7-11-22(33)12-8-20)19-36-38-31(24-14-13-23(34)18-26(24)35)37-27-6-4-3-5-25(27)32(38)40/h3-19H,2H2,1H3/b16-10+,36-19?. The number of esters is 1. The van der Waals surface area contributed by atoms with Gasteiger partial charge in [0.05, 0.1) is 28.7 Å². The van der Waals surface area contributed by atoms with Crippen LogP contribution in [0, 0.1) is 0 Å². The molecule has 5 rings (SSSR count). The van der Waals surface area contributed by atoms with Gasteiger partial charge in [-0.1, -0.05) is 59.1 Å². The molecule has 0 unspecified atom stereocenters. The second-order valence-corrected chi connectivity index (χ2v) is 10.2. The van der Waals surface area contributed by atoms with Crippen LogP contribution in [-0.4, -0.2) is 28.5 Å². The van der Waals surface area contributed by atoms with Crippen molar-refractivity contribution in [3.05, 3.63) is 128 Å². The first-order valence-electron chi connectivity index (χ1n) is 12.8. The number of aromatic nitrogens is 2. The minimum absolute atomic E-state index is 0.234. The summed E-state index contributed by atoms with van der Waals surface area (Å²) in [4.78, 5) is 30.7. The van der Waals surface area contributed by atoms with Crippen LogP contribution in [0.4, 0.5) is 0 Å². The fraction of sp³-hybridized carbons (Fsp3) is 0.0625. The average molecular weight is 619 g/mol. The van der Waals surface area contributed by atoms with Gasteiger partial charge in [0.1, 0.15) is 0 Å². The van der Waals surface area contributed by atoms with Crippen molar-refractivity contribution in [2.75, 3.05) is 6.61 Å². The SMILES string of the molecule is CCOc1cc(C=Nn2c(-c3ccc(Cl)cc3Cl)nc3ccccc3c2=O)ccc1OC(=O)/C=C/c1ccc(Cl)cc1. The first-order chi connectivity index (χ1) is 20.3. The van der Waals surface area contributed by atoms with Gasteiger partial charge < -0.3 is 9.47 Å². The Kier molecular flexibility index (Phi) is 9.03. The normalized spacial score (nSPS) is 11.4. The third kappa shape index (κ3) is 6.71. The van der Waals surface area contributed by atoms with Crippen LogP contribution in [0.3, 0.4) is 0 Å². The highest BCUT2D eigenvalue weighted by atomic mass is 35.5. The van der Waals surface area contributed by atoms with E-state index in [1.165, 1.54) is 17.0 Å². The van der Waals surface area contributed by atoms with Gasteiger partial charge in [0.2, 0.25) is 0 Å². The lowest BCUT2D eigenvalue weighted by molar-refractivity contribution is -0.129. The van der Waals surface area contributed by atoms with Gasteiger partial charge in [0.25, 0.3) is 5.56 Å². The zero-order valence-corrected chi connectivity index (χ0v) is 24.4. The van der Waals surface area contributed by atoms with Gasteiger partial charge in [0, 0.05) is 21.7 Å². The topological polar surface area (TPSA) is 82.8 Å². The van der Waals surface area contributed by atoms with Gasteiger partial charge in [-0.3, -0.25) is 4.79 Å². The number of carbonyl (C=O) groups is 1. The molecule has 0 aliphatic heterocycles. The molecule has 0 saturated heterocycles. The Labute approximate surface area is 256 Å². The summed E-state index contributed by atoms with van der Waals surface area (Å²) in [5.41, 5.74) is 2.00. The first kappa shape index (κ1) is 29.1. The lowest BCUT2D eigenvalue weighted by Gasteiger charge is -2.12. The van der Waals surface area contributed by atoms with E-state index < -0.39 is 5.97 Å². The van der Waals surface area contributed by atoms with Crippen molar-refractivity contribution >= 4 is 64.0 Å². The maximum Gasteiger partial charge on any atom is 0.336 e. The number of fused-ring (bicyclic) bond motifs is 1.